The Hall–Kier alpha value is -2.00. The molecule has 9 heteroatoms. The molecule has 0 saturated heterocycles. The normalized spacial score (nSPS) is 20.3. The summed E-state index contributed by atoms with van der Waals surface area (Å²) < 4.78 is 74.5. The number of phenolic OH excluding ortho intramolecular Hbond substituents is 2. The standard InChI is InChI=1S/C31H41F5O3S/c1-23-10-11-24-22-27(38)16-17-28(24)29(23,25-12-14-26(37)15-13-25)18-7-5-3-2-4-6-8-20-40(39)21-9-19-30(32,33)31(34,35)36/h12-17,22-23,37-38H,2-11,18-21H2,1H3. The van der Waals surface area contributed by atoms with Gasteiger partial charge in [-0.05, 0) is 85.4 Å². The first-order chi connectivity index (χ1) is 18.9. The Balaban J connectivity index is 1.42. The van der Waals surface area contributed by atoms with Crippen LogP contribution in [0.25, 0.3) is 0 Å². The third-order valence-electron chi connectivity index (χ3n) is 8.36. The highest BCUT2D eigenvalue weighted by Crippen LogP contribution is 2.50. The Bertz CT molecular complexity index is 1060. The summed E-state index contributed by atoms with van der Waals surface area (Å²) in [7, 11) is 0. The summed E-state index contributed by atoms with van der Waals surface area (Å²) in [6.45, 7) is 2.29. The second kappa shape index (κ2) is 14.3. The molecule has 1 aliphatic rings. The molecule has 0 saturated carbocycles. The Morgan fingerprint density at radius 3 is 2.05 bits per heavy atom. The van der Waals surface area contributed by atoms with Crippen LogP contribution in [0.1, 0.15) is 94.2 Å². The molecule has 0 bridgehead atoms. The first kappa shape index (κ1) is 32.5. The predicted octanol–water partition coefficient (Wildman–Crippen LogP) is 8.81. The Morgan fingerprint density at radius 1 is 0.825 bits per heavy atom. The molecule has 1 aliphatic carbocycles. The highest BCUT2D eigenvalue weighted by Gasteiger charge is 2.56. The average molecular weight is 589 g/mol. The maximum atomic E-state index is 12.9. The van der Waals surface area contributed by atoms with Gasteiger partial charge in [-0.1, -0.05) is 68.4 Å². The number of aryl methyl sites for hydroxylation is 1. The second-order valence-corrected chi connectivity index (χ2v) is 12.9. The van der Waals surface area contributed by atoms with Crippen LogP contribution in [0, 0.1) is 5.92 Å². The van der Waals surface area contributed by atoms with E-state index in [0.29, 0.717) is 18.1 Å². The van der Waals surface area contributed by atoms with E-state index in [1.807, 2.05) is 18.2 Å². The van der Waals surface area contributed by atoms with Crippen LogP contribution in [0.3, 0.4) is 0 Å². The first-order valence-electron chi connectivity index (χ1n) is 14.3. The number of aromatic hydroxyl groups is 2. The van der Waals surface area contributed by atoms with Gasteiger partial charge in [0.1, 0.15) is 23.0 Å². The lowest BCUT2D eigenvalue weighted by Gasteiger charge is -2.45. The molecule has 3 atom stereocenters. The van der Waals surface area contributed by atoms with Crippen LogP contribution >= 0.6 is 0 Å². The minimum Gasteiger partial charge on any atom is -0.616 e. The molecule has 3 rings (SSSR count). The molecule has 3 nitrogen and oxygen atoms in total. The third kappa shape index (κ3) is 8.28. The highest BCUT2D eigenvalue weighted by molar-refractivity contribution is 7.91. The van der Waals surface area contributed by atoms with Crippen LogP contribution in [0.2, 0.25) is 0 Å². The van der Waals surface area contributed by atoms with Crippen molar-refractivity contribution in [2.45, 2.75) is 101 Å². The summed E-state index contributed by atoms with van der Waals surface area (Å²) in [4.78, 5) is 0. The summed E-state index contributed by atoms with van der Waals surface area (Å²) in [5.41, 5.74) is 3.42. The van der Waals surface area contributed by atoms with E-state index in [0.717, 1.165) is 57.8 Å². The van der Waals surface area contributed by atoms with Crippen molar-refractivity contribution >= 4 is 11.2 Å². The Kier molecular flexibility index (Phi) is 11.6. The number of benzene rings is 2. The number of rotatable bonds is 15. The van der Waals surface area contributed by atoms with Crippen LogP contribution in [0.5, 0.6) is 11.5 Å². The fourth-order valence-electron chi connectivity index (χ4n) is 6.08. The average Bonchev–Trinajstić information content (AvgIpc) is 2.88. The van der Waals surface area contributed by atoms with E-state index >= 15 is 0 Å². The van der Waals surface area contributed by atoms with Gasteiger partial charge in [0.2, 0.25) is 0 Å². The van der Waals surface area contributed by atoms with Crippen molar-refractivity contribution in [2.75, 3.05) is 11.5 Å². The molecular formula is C31H41F5O3S. The monoisotopic (exact) mass is 588 g/mol. The lowest BCUT2D eigenvalue weighted by molar-refractivity contribution is -0.284. The van der Waals surface area contributed by atoms with Gasteiger partial charge in [0.15, 0.2) is 0 Å². The van der Waals surface area contributed by atoms with E-state index in [4.69, 9.17) is 0 Å². The fourth-order valence-corrected chi connectivity index (χ4v) is 7.28. The SMILES string of the molecule is CC1CCc2cc(O)ccc2C1(CCCCCCCCC[S+]([O-])CCCC(F)(F)C(F)(F)F)c1ccc(O)cc1. The van der Waals surface area contributed by atoms with Crippen molar-refractivity contribution < 1.29 is 36.7 Å². The molecule has 0 spiro atoms. The number of hydrogen-bond donors (Lipinski definition) is 2. The zero-order chi connectivity index (χ0) is 29.4. The zero-order valence-electron chi connectivity index (χ0n) is 23.1. The van der Waals surface area contributed by atoms with E-state index in [2.05, 4.69) is 13.0 Å². The zero-order valence-corrected chi connectivity index (χ0v) is 23.9. The van der Waals surface area contributed by atoms with E-state index in [-0.39, 0.29) is 22.7 Å². The van der Waals surface area contributed by atoms with Crippen LogP contribution < -0.4 is 0 Å². The van der Waals surface area contributed by atoms with Crippen molar-refractivity contribution in [2.24, 2.45) is 5.92 Å². The van der Waals surface area contributed by atoms with E-state index < -0.39 is 36.1 Å². The van der Waals surface area contributed by atoms with Gasteiger partial charge in [0.05, 0.1) is 0 Å². The van der Waals surface area contributed by atoms with E-state index in [1.54, 1.807) is 18.2 Å². The number of alkyl halides is 5. The van der Waals surface area contributed by atoms with E-state index in [1.165, 1.54) is 16.7 Å². The molecule has 0 fully saturated rings. The smallest absolute Gasteiger partial charge is 0.453 e. The molecule has 2 N–H and O–H groups in total. The topological polar surface area (TPSA) is 63.5 Å². The maximum absolute atomic E-state index is 12.9. The minimum atomic E-state index is -5.55. The molecule has 3 unspecified atom stereocenters. The molecule has 0 amide bonds. The number of fused-ring (bicyclic) bond motifs is 1. The quantitative estimate of drug-likeness (QED) is 0.124. The molecular weight excluding hydrogens is 547 g/mol. The molecule has 2 aromatic carbocycles. The molecule has 0 aromatic heterocycles. The number of hydrogen-bond acceptors (Lipinski definition) is 3. The predicted molar refractivity (Wildman–Crippen MR) is 150 cm³/mol. The highest BCUT2D eigenvalue weighted by atomic mass is 32.2. The minimum absolute atomic E-state index is 0.129. The van der Waals surface area contributed by atoms with Gasteiger partial charge in [-0.15, -0.1) is 0 Å². The molecule has 2 aromatic rings. The summed E-state index contributed by atoms with van der Waals surface area (Å²) >= 11 is -1.37. The summed E-state index contributed by atoms with van der Waals surface area (Å²) in [5.74, 6) is -3.60. The van der Waals surface area contributed by atoms with Gasteiger partial charge in [0, 0.05) is 11.8 Å². The van der Waals surface area contributed by atoms with Crippen LogP contribution in [-0.2, 0) is 23.0 Å². The maximum Gasteiger partial charge on any atom is 0.453 e. The van der Waals surface area contributed by atoms with Crippen molar-refractivity contribution in [1.82, 2.24) is 0 Å². The number of unbranched alkanes of at least 4 members (excludes halogenated alkanes) is 6. The Morgan fingerprint density at radius 2 is 1.40 bits per heavy atom. The van der Waals surface area contributed by atoms with Crippen molar-refractivity contribution in [3.63, 3.8) is 0 Å². The Labute approximate surface area is 237 Å². The van der Waals surface area contributed by atoms with Gasteiger partial charge in [-0.25, -0.2) is 0 Å². The van der Waals surface area contributed by atoms with Gasteiger partial charge in [-0.3, -0.25) is 0 Å². The number of phenols is 2. The van der Waals surface area contributed by atoms with Crippen LogP contribution in [-0.4, -0.2) is 38.4 Å². The fraction of sp³-hybridized carbons (Fsp3) is 0.613. The summed E-state index contributed by atoms with van der Waals surface area (Å²) in [6, 6.07) is 13.2. The first-order valence-corrected chi connectivity index (χ1v) is 15.8. The molecule has 0 heterocycles. The van der Waals surface area contributed by atoms with Gasteiger partial charge >= 0.3 is 12.1 Å². The van der Waals surface area contributed by atoms with Crippen LogP contribution in [0.4, 0.5) is 22.0 Å². The van der Waals surface area contributed by atoms with Gasteiger partial charge in [0.25, 0.3) is 0 Å². The molecule has 40 heavy (non-hydrogen) atoms. The molecule has 0 radical (unpaired) electrons. The summed E-state index contributed by atoms with van der Waals surface area (Å²) in [6.07, 6.45) is 2.28. The van der Waals surface area contributed by atoms with Crippen molar-refractivity contribution in [3.05, 3.63) is 59.2 Å². The number of halogens is 5. The lowest BCUT2D eigenvalue weighted by Crippen LogP contribution is -2.39. The molecule has 0 aliphatic heterocycles. The second-order valence-electron chi connectivity index (χ2n) is 11.2. The lowest BCUT2D eigenvalue weighted by atomic mass is 9.58. The largest absolute Gasteiger partial charge is 0.616 e. The van der Waals surface area contributed by atoms with Crippen molar-refractivity contribution in [3.8, 4) is 11.5 Å². The van der Waals surface area contributed by atoms with Crippen molar-refractivity contribution in [1.29, 1.82) is 0 Å². The van der Waals surface area contributed by atoms with Gasteiger partial charge in [-0.2, -0.15) is 22.0 Å². The molecule has 224 valence electrons. The van der Waals surface area contributed by atoms with E-state index in [9.17, 15) is 36.7 Å². The third-order valence-corrected chi connectivity index (χ3v) is 9.85. The van der Waals surface area contributed by atoms with Gasteiger partial charge < -0.3 is 14.8 Å². The van der Waals surface area contributed by atoms with Crippen LogP contribution in [0.15, 0.2) is 42.5 Å². The summed E-state index contributed by atoms with van der Waals surface area (Å²) in [5, 5.41) is 20.0.